The number of ether oxygens (including phenoxy) is 1. The monoisotopic (exact) mass is 345 g/mol. The largest absolute Gasteiger partial charge is 0.495 e. The van der Waals surface area contributed by atoms with Gasteiger partial charge in [0, 0.05) is 24.8 Å². The molecule has 2 aliphatic rings. The van der Waals surface area contributed by atoms with Crippen LogP contribution in [0.15, 0.2) is 18.2 Å². The van der Waals surface area contributed by atoms with Gasteiger partial charge in [-0.3, -0.25) is 4.79 Å². The SMILES string of the molecule is Cc1ccc(C(=O)NC2CCOCC2)cc1B1OC(C)(C)C(C)(C)O1. The summed E-state index contributed by atoms with van der Waals surface area (Å²) in [7, 11) is -0.458. The second kappa shape index (κ2) is 6.74. The molecule has 1 N–H and O–H groups in total. The zero-order valence-corrected chi connectivity index (χ0v) is 15.8. The third-order valence-electron chi connectivity index (χ3n) is 5.61. The Morgan fingerprint density at radius 1 is 1.12 bits per heavy atom. The van der Waals surface area contributed by atoms with E-state index in [9.17, 15) is 4.79 Å². The average molecular weight is 345 g/mol. The minimum atomic E-state index is -0.458. The van der Waals surface area contributed by atoms with E-state index in [2.05, 4.69) is 5.32 Å². The summed E-state index contributed by atoms with van der Waals surface area (Å²) >= 11 is 0. The van der Waals surface area contributed by atoms with Crippen LogP contribution in [0.5, 0.6) is 0 Å². The van der Waals surface area contributed by atoms with E-state index in [0.29, 0.717) is 18.8 Å². The minimum absolute atomic E-state index is 0.0512. The van der Waals surface area contributed by atoms with Gasteiger partial charge in [0.1, 0.15) is 0 Å². The number of carbonyl (C=O) groups is 1. The van der Waals surface area contributed by atoms with Gasteiger partial charge in [0.15, 0.2) is 0 Å². The first-order valence-electron chi connectivity index (χ1n) is 9.04. The van der Waals surface area contributed by atoms with E-state index < -0.39 is 18.3 Å². The molecule has 0 aromatic heterocycles. The number of aryl methyl sites for hydroxylation is 1. The van der Waals surface area contributed by atoms with Crippen LogP contribution >= 0.6 is 0 Å². The molecular formula is C19H28BNO4. The summed E-state index contributed by atoms with van der Waals surface area (Å²) in [6.07, 6.45) is 1.73. The predicted molar refractivity (Wildman–Crippen MR) is 98.2 cm³/mol. The van der Waals surface area contributed by atoms with Crippen LogP contribution < -0.4 is 10.8 Å². The molecular weight excluding hydrogens is 317 g/mol. The summed E-state index contributed by atoms with van der Waals surface area (Å²) in [6.45, 7) is 11.6. The number of hydrogen-bond donors (Lipinski definition) is 1. The van der Waals surface area contributed by atoms with Crippen molar-refractivity contribution in [3.8, 4) is 0 Å². The van der Waals surface area contributed by atoms with Crippen molar-refractivity contribution < 1.29 is 18.8 Å². The molecule has 0 atom stereocenters. The lowest BCUT2D eigenvalue weighted by molar-refractivity contribution is 0.00578. The van der Waals surface area contributed by atoms with Gasteiger partial charge in [-0.05, 0) is 65.1 Å². The van der Waals surface area contributed by atoms with Crippen LogP contribution in [0.25, 0.3) is 0 Å². The zero-order valence-electron chi connectivity index (χ0n) is 15.8. The highest BCUT2D eigenvalue weighted by Gasteiger charge is 2.52. The van der Waals surface area contributed by atoms with Crippen molar-refractivity contribution >= 4 is 18.5 Å². The van der Waals surface area contributed by atoms with Gasteiger partial charge in [0.2, 0.25) is 0 Å². The Bertz CT molecular complexity index is 637. The topological polar surface area (TPSA) is 56.8 Å². The Balaban J connectivity index is 1.78. The van der Waals surface area contributed by atoms with Crippen molar-refractivity contribution in [1.82, 2.24) is 5.32 Å². The molecule has 2 saturated heterocycles. The number of rotatable bonds is 3. The van der Waals surface area contributed by atoms with Crippen LogP contribution in [-0.4, -0.2) is 43.5 Å². The molecule has 0 radical (unpaired) electrons. The van der Waals surface area contributed by atoms with Gasteiger partial charge in [0.25, 0.3) is 5.91 Å². The van der Waals surface area contributed by atoms with Gasteiger partial charge in [0.05, 0.1) is 11.2 Å². The van der Waals surface area contributed by atoms with E-state index in [-0.39, 0.29) is 11.9 Å². The second-order valence-corrected chi connectivity index (χ2v) is 8.02. The maximum atomic E-state index is 12.6. The Hall–Kier alpha value is -1.37. The molecule has 0 aliphatic carbocycles. The number of benzene rings is 1. The van der Waals surface area contributed by atoms with E-state index in [1.807, 2.05) is 52.8 Å². The predicted octanol–water partition coefficient (Wildman–Crippen LogP) is 2.20. The van der Waals surface area contributed by atoms with Crippen molar-refractivity contribution in [2.24, 2.45) is 0 Å². The Morgan fingerprint density at radius 3 is 2.32 bits per heavy atom. The van der Waals surface area contributed by atoms with Crippen LogP contribution in [0, 0.1) is 6.92 Å². The summed E-state index contributed by atoms with van der Waals surface area (Å²) in [6, 6.07) is 5.90. The van der Waals surface area contributed by atoms with Gasteiger partial charge in [-0.1, -0.05) is 11.6 Å². The molecule has 2 fully saturated rings. The standard InChI is InChI=1S/C19H28BNO4/c1-13-6-7-14(17(22)21-15-8-10-23-11-9-15)12-16(13)20-24-18(2,3)19(4,5)25-20/h6-7,12,15H,8-11H2,1-5H3,(H,21,22). The highest BCUT2D eigenvalue weighted by molar-refractivity contribution is 6.62. The first-order valence-corrected chi connectivity index (χ1v) is 9.04. The molecule has 5 nitrogen and oxygen atoms in total. The van der Waals surface area contributed by atoms with E-state index in [4.69, 9.17) is 14.0 Å². The van der Waals surface area contributed by atoms with Crippen molar-refractivity contribution in [2.75, 3.05) is 13.2 Å². The number of carbonyl (C=O) groups excluding carboxylic acids is 1. The number of hydrogen-bond acceptors (Lipinski definition) is 4. The fraction of sp³-hybridized carbons (Fsp3) is 0.632. The van der Waals surface area contributed by atoms with E-state index in [1.165, 1.54) is 0 Å². The summed E-state index contributed by atoms with van der Waals surface area (Å²) in [4.78, 5) is 12.6. The van der Waals surface area contributed by atoms with Gasteiger partial charge in [-0.25, -0.2) is 0 Å². The van der Waals surface area contributed by atoms with E-state index >= 15 is 0 Å². The van der Waals surface area contributed by atoms with Crippen molar-refractivity contribution in [3.05, 3.63) is 29.3 Å². The minimum Gasteiger partial charge on any atom is -0.399 e. The number of amides is 1. The maximum Gasteiger partial charge on any atom is 0.495 e. The zero-order chi connectivity index (χ0) is 18.2. The molecule has 136 valence electrons. The highest BCUT2D eigenvalue weighted by Crippen LogP contribution is 2.36. The normalized spacial score (nSPS) is 22.8. The van der Waals surface area contributed by atoms with Crippen LogP contribution in [0.1, 0.15) is 56.5 Å². The third-order valence-corrected chi connectivity index (χ3v) is 5.61. The Morgan fingerprint density at radius 2 is 1.72 bits per heavy atom. The third kappa shape index (κ3) is 3.76. The smallest absolute Gasteiger partial charge is 0.399 e. The van der Waals surface area contributed by atoms with Gasteiger partial charge >= 0.3 is 7.12 Å². The summed E-state index contributed by atoms with van der Waals surface area (Å²) in [5, 5.41) is 3.10. The Labute approximate surface area is 150 Å². The lowest BCUT2D eigenvalue weighted by Crippen LogP contribution is -2.41. The van der Waals surface area contributed by atoms with Crippen molar-refractivity contribution in [2.45, 2.75) is 64.7 Å². The summed E-state index contributed by atoms with van der Waals surface area (Å²) in [5.74, 6) is -0.0512. The van der Waals surface area contributed by atoms with E-state index in [0.717, 1.165) is 23.9 Å². The van der Waals surface area contributed by atoms with Crippen LogP contribution in [0.3, 0.4) is 0 Å². The average Bonchev–Trinajstić information content (AvgIpc) is 2.76. The quantitative estimate of drug-likeness (QED) is 0.854. The molecule has 0 saturated carbocycles. The first-order chi connectivity index (χ1) is 11.7. The molecule has 1 amide bonds. The molecule has 0 spiro atoms. The van der Waals surface area contributed by atoms with E-state index in [1.54, 1.807) is 0 Å². The fourth-order valence-corrected chi connectivity index (χ4v) is 3.12. The molecule has 25 heavy (non-hydrogen) atoms. The summed E-state index contributed by atoms with van der Waals surface area (Å²) < 4.78 is 17.6. The molecule has 2 heterocycles. The molecule has 0 unspecified atom stereocenters. The van der Waals surface area contributed by atoms with Crippen molar-refractivity contribution in [3.63, 3.8) is 0 Å². The van der Waals surface area contributed by atoms with Crippen LogP contribution in [0.4, 0.5) is 0 Å². The molecule has 1 aromatic carbocycles. The Kier molecular flexibility index (Phi) is 4.97. The van der Waals surface area contributed by atoms with Crippen molar-refractivity contribution in [1.29, 1.82) is 0 Å². The van der Waals surface area contributed by atoms with Gasteiger partial charge in [-0.15, -0.1) is 0 Å². The lowest BCUT2D eigenvalue weighted by atomic mass is 9.75. The highest BCUT2D eigenvalue weighted by atomic mass is 16.7. The van der Waals surface area contributed by atoms with Crippen LogP contribution in [-0.2, 0) is 14.0 Å². The maximum absolute atomic E-state index is 12.6. The molecule has 1 aromatic rings. The molecule has 0 bridgehead atoms. The number of nitrogens with one attached hydrogen (secondary N) is 1. The lowest BCUT2D eigenvalue weighted by Gasteiger charge is -2.32. The first kappa shape index (κ1) is 18.4. The summed E-state index contributed by atoms with van der Waals surface area (Å²) in [5.41, 5.74) is 1.82. The fourth-order valence-electron chi connectivity index (χ4n) is 3.12. The van der Waals surface area contributed by atoms with Crippen LogP contribution in [0.2, 0.25) is 0 Å². The molecule has 3 rings (SSSR count). The molecule has 6 heteroatoms. The van der Waals surface area contributed by atoms with Gasteiger partial charge in [-0.2, -0.15) is 0 Å². The second-order valence-electron chi connectivity index (χ2n) is 8.02. The molecule has 2 aliphatic heterocycles. The van der Waals surface area contributed by atoms with Gasteiger partial charge < -0.3 is 19.4 Å².